The predicted octanol–water partition coefficient (Wildman–Crippen LogP) is 3.10. The molecule has 5 nitrogen and oxygen atoms in total. The third-order valence-corrected chi connectivity index (χ3v) is 3.38. The van der Waals surface area contributed by atoms with E-state index in [-0.39, 0.29) is 5.96 Å². The summed E-state index contributed by atoms with van der Waals surface area (Å²) < 4.78 is 0. The van der Waals surface area contributed by atoms with Crippen LogP contribution in [-0.4, -0.2) is 15.9 Å². The molecule has 1 heterocycles. The molecule has 0 radical (unpaired) electrons. The van der Waals surface area contributed by atoms with Crippen LogP contribution in [0.4, 0.5) is 11.5 Å². The molecule has 3 aromatic rings. The van der Waals surface area contributed by atoms with E-state index in [1.54, 1.807) is 17.3 Å². The maximum absolute atomic E-state index is 7.85. The first-order chi connectivity index (χ1) is 11.2. The van der Waals surface area contributed by atoms with Gasteiger partial charge >= 0.3 is 0 Å². The van der Waals surface area contributed by atoms with Gasteiger partial charge in [0.05, 0.1) is 17.6 Å². The molecular weight excluding hydrogens is 286 g/mol. The monoisotopic (exact) mass is 303 g/mol. The first-order valence-electron chi connectivity index (χ1n) is 7.28. The Labute approximate surface area is 134 Å². The zero-order valence-corrected chi connectivity index (χ0v) is 12.6. The lowest BCUT2D eigenvalue weighted by Gasteiger charge is -2.21. The van der Waals surface area contributed by atoms with E-state index in [1.807, 2.05) is 60.7 Å². The predicted molar refractivity (Wildman–Crippen MR) is 91.8 cm³/mol. The van der Waals surface area contributed by atoms with E-state index >= 15 is 0 Å². The van der Waals surface area contributed by atoms with Gasteiger partial charge in [-0.15, -0.1) is 0 Å². The molecule has 0 fully saturated rings. The molecule has 3 N–H and O–H groups in total. The van der Waals surface area contributed by atoms with E-state index < -0.39 is 0 Å². The number of benzene rings is 2. The van der Waals surface area contributed by atoms with Gasteiger partial charge in [-0.1, -0.05) is 48.5 Å². The largest absolute Gasteiger partial charge is 0.369 e. The molecular formula is C18H17N5. The average molecular weight is 303 g/mol. The summed E-state index contributed by atoms with van der Waals surface area (Å²) in [5, 5.41) is 7.85. The quantitative estimate of drug-likeness (QED) is 0.573. The van der Waals surface area contributed by atoms with Gasteiger partial charge < -0.3 is 5.73 Å². The Morgan fingerprint density at radius 2 is 1.61 bits per heavy atom. The highest BCUT2D eigenvalue weighted by atomic mass is 15.3. The van der Waals surface area contributed by atoms with E-state index in [2.05, 4.69) is 9.97 Å². The summed E-state index contributed by atoms with van der Waals surface area (Å²) in [6.07, 6.45) is 4.03. The summed E-state index contributed by atoms with van der Waals surface area (Å²) in [7, 11) is 0. The molecule has 1 aromatic heterocycles. The zero-order chi connectivity index (χ0) is 16.1. The van der Waals surface area contributed by atoms with Gasteiger partial charge in [-0.3, -0.25) is 15.3 Å². The van der Waals surface area contributed by atoms with Crippen LogP contribution < -0.4 is 10.6 Å². The fourth-order valence-electron chi connectivity index (χ4n) is 2.36. The standard InChI is InChI=1S/C18H17N5/c19-18(20)23(16-9-5-2-6-10-16)17-13-21-12-15(22-17)11-14-7-3-1-4-8-14/h1-10,12-13H,11H2,(H3,19,20). The van der Waals surface area contributed by atoms with Crippen molar-refractivity contribution in [3.05, 3.63) is 84.3 Å². The van der Waals surface area contributed by atoms with Crippen LogP contribution in [0.5, 0.6) is 0 Å². The minimum Gasteiger partial charge on any atom is -0.369 e. The molecule has 0 aliphatic carbocycles. The molecule has 0 saturated carbocycles. The molecule has 0 amide bonds. The molecule has 23 heavy (non-hydrogen) atoms. The number of guanidine groups is 1. The van der Waals surface area contributed by atoms with Crippen molar-refractivity contribution in [3.8, 4) is 0 Å². The van der Waals surface area contributed by atoms with Crippen molar-refractivity contribution >= 4 is 17.5 Å². The maximum Gasteiger partial charge on any atom is 0.198 e. The van der Waals surface area contributed by atoms with Gasteiger partial charge in [-0.05, 0) is 17.7 Å². The van der Waals surface area contributed by atoms with Crippen LogP contribution >= 0.6 is 0 Å². The molecule has 0 bridgehead atoms. The number of nitrogens with zero attached hydrogens (tertiary/aromatic N) is 3. The fraction of sp³-hybridized carbons (Fsp3) is 0.0556. The minimum absolute atomic E-state index is 0.0950. The van der Waals surface area contributed by atoms with Gasteiger partial charge in [0.25, 0.3) is 0 Å². The minimum atomic E-state index is -0.0950. The Morgan fingerprint density at radius 3 is 2.26 bits per heavy atom. The van der Waals surface area contributed by atoms with Crippen molar-refractivity contribution in [2.24, 2.45) is 5.73 Å². The number of rotatable bonds is 4. The lowest BCUT2D eigenvalue weighted by Crippen LogP contribution is -2.33. The fourth-order valence-corrected chi connectivity index (χ4v) is 2.36. The SMILES string of the molecule is N=C(N)N(c1ccccc1)c1cncc(Cc2ccccc2)n1. The highest BCUT2D eigenvalue weighted by molar-refractivity contribution is 5.98. The molecule has 0 unspecified atom stereocenters. The second-order valence-corrected chi connectivity index (χ2v) is 5.09. The molecule has 5 heteroatoms. The van der Waals surface area contributed by atoms with E-state index in [4.69, 9.17) is 11.1 Å². The van der Waals surface area contributed by atoms with Crippen LogP contribution in [0.1, 0.15) is 11.3 Å². The highest BCUT2D eigenvalue weighted by Crippen LogP contribution is 2.22. The summed E-state index contributed by atoms with van der Waals surface area (Å²) in [5.74, 6) is 0.444. The molecule has 0 aliphatic heterocycles. The Hall–Kier alpha value is -3.21. The molecule has 114 valence electrons. The van der Waals surface area contributed by atoms with Crippen LogP contribution in [-0.2, 0) is 6.42 Å². The summed E-state index contributed by atoms with van der Waals surface area (Å²) in [6, 6.07) is 19.6. The first kappa shape index (κ1) is 14.7. The van der Waals surface area contributed by atoms with Crippen molar-refractivity contribution in [1.29, 1.82) is 5.41 Å². The smallest absolute Gasteiger partial charge is 0.198 e. The van der Waals surface area contributed by atoms with Crippen LogP contribution in [0, 0.1) is 5.41 Å². The van der Waals surface area contributed by atoms with Crippen LogP contribution in [0.15, 0.2) is 73.1 Å². The van der Waals surface area contributed by atoms with Gasteiger partial charge in [0.15, 0.2) is 11.8 Å². The van der Waals surface area contributed by atoms with Crippen LogP contribution in [0.25, 0.3) is 0 Å². The Kier molecular flexibility index (Phi) is 4.29. The lowest BCUT2D eigenvalue weighted by molar-refractivity contribution is 1.01. The van der Waals surface area contributed by atoms with Crippen molar-refractivity contribution in [2.75, 3.05) is 4.90 Å². The third-order valence-electron chi connectivity index (χ3n) is 3.38. The molecule has 0 spiro atoms. The van der Waals surface area contributed by atoms with Crippen molar-refractivity contribution in [2.45, 2.75) is 6.42 Å². The van der Waals surface area contributed by atoms with E-state index in [9.17, 15) is 0 Å². The van der Waals surface area contributed by atoms with Crippen LogP contribution in [0.3, 0.4) is 0 Å². The van der Waals surface area contributed by atoms with Crippen molar-refractivity contribution in [3.63, 3.8) is 0 Å². The molecule has 0 aliphatic rings. The van der Waals surface area contributed by atoms with Gasteiger partial charge in [-0.2, -0.15) is 0 Å². The van der Waals surface area contributed by atoms with Gasteiger partial charge in [-0.25, -0.2) is 4.98 Å². The summed E-state index contributed by atoms with van der Waals surface area (Å²) in [6.45, 7) is 0. The lowest BCUT2D eigenvalue weighted by atomic mass is 10.1. The number of nitrogens with two attached hydrogens (primary N) is 1. The van der Waals surface area contributed by atoms with Crippen molar-refractivity contribution < 1.29 is 0 Å². The topological polar surface area (TPSA) is 78.9 Å². The number of aromatic nitrogens is 2. The Morgan fingerprint density at radius 1 is 0.957 bits per heavy atom. The van der Waals surface area contributed by atoms with Gasteiger partial charge in [0.1, 0.15) is 0 Å². The average Bonchev–Trinajstić information content (AvgIpc) is 2.57. The van der Waals surface area contributed by atoms with Crippen LogP contribution in [0.2, 0.25) is 0 Å². The number of anilines is 2. The van der Waals surface area contributed by atoms with Gasteiger partial charge in [0, 0.05) is 12.6 Å². The zero-order valence-electron chi connectivity index (χ0n) is 12.6. The van der Waals surface area contributed by atoms with E-state index in [0.717, 1.165) is 16.9 Å². The summed E-state index contributed by atoms with van der Waals surface area (Å²) in [5.41, 5.74) is 8.52. The normalized spacial score (nSPS) is 10.3. The maximum atomic E-state index is 7.85. The third kappa shape index (κ3) is 3.52. The van der Waals surface area contributed by atoms with E-state index in [0.29, 0.717) is 12.2 Å². The molecule has 2 aromatic carbocycles. The summed E-state index contributed by atoms with van der Waals surface area (Å²) >= 11 is 0. The second kappa shape index (κ2) is 6.70. The highest BCUT2D eigenvalue weighted by Gasteiger charge is 2.14. The molecule has 0 atom stereocenters. The second-order valence-electron chi connectivity index (χ2n) is 5.09. The number of nitrogens with one attached hydrogen (secondary N) is 1. The van der Waals surface area contributed by atoms with Gasteiger partial charge in [0.2, 0.25) is 0 Å². The number of hydrogen-bond donors (Lipinski definition) is 2. The molecule has 3 rings (SSSR count). The molecule has 0 saturated heterocycles. The Bertz CT molecular complexity index is 787. The number of hydrogen-bond acceptors (Lipinski definition) is 3. The van der Waals surface area contributed by atoms with E-state index in [1.165, 1.54) is 0 Å². The summed E-state index contributed by atoms with van der Waals surface area (Å²) in [4.78, 5) is 10.4. The number of para-hydroxylation sites is 1. The first-order valence-corrected chi connectivity index (χ1v) is 7.28. The Balaban J connectivity index is 1.92. The van der Waals surface area contributed by atoms with Crippen molar-refractivity contribution in [1.82, 2.24) is 9.97 Å².